The molecule has 224 valence electrons. The zero-order valence-electron chi connectivity index (χ0n) is 23.9. The first-order valence-corrected chi connectivity index (χ1v) is 13.9. The molecule has 2 aromatic rings. The van der Waals surface area contributed by atoms with E-state index < -0.39 is 30.4 Å². The molecule has 0 bridgehead atoms. The number of nitrogens with zero attached hydrogens (tertiary/aromatic N) is 4. The normalized spacial score (nSPS) is 19.6. The fourth-order valence-corrected chi connectivity index (χ4v) is 5.34. The number of ether oxygens (including phenoxy) is 1. The molecule has 0 aliphatic carbocycles. The van der Waals surface area contributed by atoms with Crippen molar-refractivity contribution in [3.05, 3.63) is 84.2 Å². The van der Waals surface area contributed by atoms with Crippen LogP contribution in [0.5, 0.6) is 0 Å². The highest BCUT2D eigenvalue weighted by atomic mass is 19.1. The first-order chi connectivity index (χ1) is 20.2. The van der Waals surface area contributed by atoms with Crippen molar-refractivity contribution in [1.29, 1.82) is 0 Å². The zero-order chi connectivity index (χ0) is 30.2. The summed E-state index contributed by atoms with van der Waals surface area (Å²) in [6, 6.07) is 13.6. The van der Waals surface area contributed by atoms with Gasteiger partial charge in [0, 0.05) is 20.1 Å². The fourth-order valence-electron chi connectivity index (χ4n) is 5.34. The van der Waals surface area contributed by atoms with Crippen molar-refractivity contribution >= 4 is 23.9 Å². The predicted octanol–water partition coefficient (Wildman–Crippen LogP) is 3.02. The number of likely N-dealkylation sites (N-methyl/N-ethyl adjacent to an activating group) is 1. The summed E-state index contributed by atoms with van der Waals surface area (Å²) in [6.45, 7) is 5.90. The third-order valence-electron chi connectivity index (χ3n) is 7.46. The number of hydrogen-bond donors (Lipinski definition) is 2. The molecule has 0 saturated carbocycles. The van der Waals surface area contributed by atoms with Crippen molar-refractivity contribution in [2.24, 2.45) is 0 Å². The number of hydrogen-bond acceptors (Lipinski definition) is 6. The van der Waals surface area contributed by atoms with Crippen molar-refractivity contribution in [2.45, 2.75) is 44.6 Å². The number of alkyl carbamates (subject to hydrolysis) is 1. The molecule has 2 fully saturated rings. The van der Waals surface area contributed by atoms with Gasteiger partial charge in [-0.3, -0.25) is 9.59 Å². The van der Waals surface area contributed by atoms with Gasteiger partial charge < -0.3 is 25.2 Å². The van der Waals surface area contributed by atoms with Gasteiger partial charge in [-0.15, -0.1) is 0 Å². The maximum atomic E-state index is 13.9. The minimum atomic E-state index is -0.872. The number of carbonyl (C=O) groups excluding carboxylic acids is 4. The van der Waals surface area contributed by atoms with Gasteiger partial charge in [0.15, 0.2) is 0 Å². The van der Waals surface area contributed by atoms with Gasteiger partial charge in [0.1, 0.15) is 24.6 Å². The Kier molecular flexibility index (Phi) is 10.1. The number of fused-ring (bicyclic) bond motifs is 1. The van der Waals surface area contributed by atoms with Gasteiger partial charge in [-0.05, 0) is 43.0 Å². The lowest BCUT2D eigenvalue weighted by atomic mass is 9.98. The average molecular weight is 581 g/mol. The third-order valence-corrected chi connectivity index (χ3v) is 7.46. The minimum absolute atomic E-state index is 0.0643. The molecule has 2 aliphatic heterocycles. The number of halogens is 1. The molecule has 2 unspecified atom stereocenters. The van der Waals surface area contributed by atoms with E-state index in [1.807, 2.05) is 37.3 Å². The highest BCUT2D eigenvalue weighted by molar-refractivity contribution is 5.91. The van der Waals surface area contributed by atoms with Gasteiger partial charge in [-0.25, -0.2) is 24.0 Å². The van der Waals surface area contributed by atoms with E-state index in [1.54, 1.807) is 29.1 Å². The van der Waals surface area contributed by atoms with E-state index in [2.05, 4.69) is 17.2 Å². The van der Waals surface area contributed by atoms with Gasteiger partial charge in [-0.1, -0.05) is 55.1 Å². The van der Waals surface area contributed by atoms with Gasteiger partial charge in [0.2, 0.25) is 11.8 Å². The van der Waals surface area contributed by atoms with Crippen LogP contribution in [0.25, 0.3) is 0 Å². The monoisotopic (exact) mass is 580 g/mol. The Morgan fingerprint density at radius 1 is 1.12 bits per heavy atom. The topological polar surface area (TPSA) is 115 Å². The number of piperazine rings is 1. The largest absolute Gasteiger partial charge is 0.445 e. The van der Waals surface area contributed by atoms with Crippen molar-refractivity contribution < 1.29 is 28.3 Å². The molecule has 42 heavy (non-hydrogen) atoms. The van der Waals surface area contributed by atoms with Crippen LogP contribution in [0.3, 0.4) is 0 Å². The van der Waals surface area contributed by atoms with Crippen molar-refractivity contribution in [2.75, 3.05) is 33.3 Å². The summed E-state index contributed by atoms with van der Waals surface area (Å²) in [5.41, 5.74) is 1.64. The van der Waals surface area contributed by atoms with E-state index in [0.29, 0.717) is 6.42 Å². The van der Waals surface area contributed by atoms with Crippen LogP contribution in [-0.2, 0) is 20.9 Å². The molecule has 3 atom stereocenters. The average Bonchev–Trinajstić information content (AvgIpc) is 2.98. The van der Waals surface area contributed by atoms with E-state index in [9.17, 15) is 23.6 Å². The van der Waals surface area contributed by atoms with E-state index in [4.69, 9.17) is 4.74 Å². The molecule has 2 saturated heterocycles. The van der Waals surface area contributed by atoms with Crippen LogP contribution in [-0.4, -0.2) is 89.3 Å². The SMILES string of the molecule is C=CCOC(=O)NCCC[C@H]1C(=O)N(C(C)c2ccc(F)cc2)CC2N1C(=O)CN(C)N2C(=O)NCc1ccccc1. The number of carbonyl (C=O) groups is 4. The summed E-state index contributed by atoms with van der Waals surface area (Å²) >= 11 is 0. The third kappa shape index (κ3) is 7.06. The molecule has 11 nitrogen and oxygen atoms in total. The van der Waals surface area contributed by atoms with Crippen molar-refractivity contribution in [3.63, 3.8) is 0 Å². The number of nitrogens with one attached hydrogen (secondary N) is 2. The molecule has 2 aliphatic rings. The molecule has 0 radical (unpaired) electrons. The van der Waals surface area contributed by atoms with Crippen LogP contribution in [0.2, 0.25) is 0 Å². The molecule has 2 N–H and O–H groups in total. The Morgan fingerprint density at radius 3 is 2.52 bits per heavy atom. The second-order valence-corrected chi connectivity index (χ2v) is 10.3. The van der Waals surface area contributed by atoms with Crippen LogP contribution < -0.4 is 10.6 Å². The maximum absolute atomic E-state index is 13.9. The molecule has 0 aromatic heterocycles. The van der Waals surface area contributed by atoms with Crippen LogP contribution in [0.15, 0.2) is 67.3 Å². The number of urea groups is 1. The lowest BCUT2D eigenvalue weighted by Crippen LogP contribution is -2.76. The molecule has 4 rings (SSSR count). The van der Waals surface area contributed by atoms with Gasteiger partial charge in [-0.2, -0.15) is 0 Å². The fraction of sp³-hybridized carbons (Fsp3) is 0.400. The number of hydrazine groups is 1. The summed E-state index contributed by atoms with van der Waals surface area (Å²) in [4.78, 5) is 55.9. The first kappa shape index (κ1) is 30.5. The highest BCUT2D eigenvalue weighted by Crippen LogP contribution is 2.32. The summed E-state index contributed by atoms with van der Waals surface area (Å²) < 4.78 is 18.6. The van der Waals surface area contributed by atoms with E-state index >= 15 is 0 Å². The Bertz CT molecular complexity index is 1280. The van der Waals surface area contributed by atoms with Crippen LogP contribution >= 0.6 is 0 Å². The summed E-state index contributed by atoms with van der Waals surface area (Å²) in [7, 11) is 1.66. The Labute approximate surface area is 244 Å². The Morgan fingerprint density at radius 2 is 1.83 bits per heavy atom. The quantitative estimate of drug-likeness (QED) is 0.330. The summed E-state index contributed by atoms with van der Waals surface area (Å²) in [5, 5.41) is 8.61. The number of benzene rings is 2. The van der Waals surface area contributed by atoms with Crippen molar-refractivity contribution in [3.8, 4) is 0 Å². The smallest absolute Gasteiger partial charge is 0.407 e. The summed E-state index contributed by atoms with van der Waals surface area (Å²) in [5.74, 6) is -0.944. The second kappa shape index (κ2) is 13.9. The Hall–Kier alpha value is -4.45. The van der Waals surface area contributed by atoms with Gasteiger partial charge in [0.25, 0.3) is 0 Å². The van der Waals surface area contributed by atoms with Crippen LogP contribution in [0.1, 0.15) is 36.9 Å². The minimum Gasteiger partial charge on any atom is -0.445 e. The van der Waals surface area contributed by atoms with E-state index in [0.717, 1.165) is 11.1 Å². The van der Waals surface area contributed by atoms with Crippen molar-refractivity contribution in [1.82, 2.24) is 30.5 Å². The molecule has 12 heteroatoms. The molecule has 5 amide bonds. The highest BCUT2D eigenvalue weighted by Gasteiger charge is 2.51. The molecular formula is C30H37FN6O5. The maximum Gasteiger partial charge on any atom is 0.407 e. The van der Waals surface area contributed by atoms with E-state index in [-0.39, 0.29) is 56.8 Å². The van der Waals surface area contributed by atoms with Gasteiger partial charge >= 0.3 is 12.1 Å². The number of amides is 5. The Balaban J connectivity index is 1.57. The zero-order valence-corrected chi connectivity index (χ0v) is 23.9. The first-order valence-electron chi connectivity index (χ1n) is 13.9. The molecular weight excluding hydrogens is 543 g/mol. The van der Waals surface area contributed by atoms with E-state index in [1.165, 1.54) is 28.1 Å². The second-order valence-electron chi connectivity index (χ2n) is 10.3. The standard InChI is InChI=1S/C30H37FN6O5/c1-4-17-42-30(41)32-16-8-11-25-28(39)35(21(2)23-12-14-24(31)15-13-23)19-26-36(25)27(38)20-34(3)37(26)29(40)33-18-22-9-6-5-7-10-22/h4-7,9-10,12-15,21,25-26H,1,8,11,16-20H2,2-3H3,(H,32,41)(H,33,40)/t21?,25-,26?/m0/s1. The van der Waals surface area contributed by atoms with Gasteiger partial charge in [0.05, 0.1) is 19.1 Å². The molecule has 0 spiro atoms. The summed E-state index contributed by atoms with van der Waals surface area (Å²) in [6.07, 6.45) is 0.705. The lowest BCUT2D eigenvalue weighted by Gasteiger charge is -2.55. The predicted molar refractivity (Wildman–Crippen MR) is 153 cm³/mol. The van der Waals surface area contributed by atoms with Crippen LogP contribution in [0.4, 0.5) is 14.0 Å². The molecule has 2 aromatic carbocycles. The lowest BCUT2D eigenvalue weighted by molar-refractivity contribution is -0.189. The van der Waals surface area contributed by atoms with Crippen LogP contribution in [0, 0.1) is 5.82 Å². The molecule has 2 heterocycles. The number of rotatable bonds is 10.